The fourth-order valence-corrected chi connectivity index (χ4v) is 3.79. The molecular formula is C25H22N2O4. The number of carbonyl (C=O) groups excluding carboxylic acids is 2. The highest BCUT2D eigenvalue weighted by atomic mass is 16.5. The maximum absolute atomic E-state index is 13.1. The molecule has 1 atom stereocenters. The molecule has 1 fully saturated rings. The van der Waals surface area contributed by atoms with Gasteiger partial charge in [-0.25, -0.2) is 4.98 Å². The minimum Gasteiger partial charge on any atom is -0.507 e. The first kappa shape index (κ1) is 20.3. The number of hydrogen-bond donors (Lipinski definition) is 1. The zero-order chi connectivity index (χ0) is 22.0. The van der Waals surface area contributed by atoms with Gasteiger partial charge in [-0.3, -0.25) is 14.5 Å². The summed E-state index contributed by atoms with van der Waals surface area (Å²) < 4.78 is 5.57. The van der Waals surface area contributed by atoms with Gasteiger partial charge in [0.15, 0.2) is 0 Å². The molecule has 2 aromatic carbocycles. The Balaban J connectivity index is 1.89. The average Bonchev–Trinajstić information content (AvgIpc) is 3.06. The number of aromatic nitrogens is 1. The number of benzene rings is 2. The van der Waals surface area contributed by atoms with Crippen molar-refractivity contribution < 1.29 is 19.4 Å². The van der Waals surface area contributed by atoms with Crippen LogP contribution in [-0.2, 0) is 9.59 Å². The Morgan fingerprint density at radius 1 is 1.06 bits per heavy atom. The first-order valence-electron chi connectivity index (χ1n) is 10.0. The number of hydrogen-bond acceptors (Lipinski definition) is 5. The van der Waals surface area contributed by atoms with Gasteiger partial charge in [0.25, 0.3) is 5.78 Å². The Labute approximate surface area is 180 Å². The van der Waals surface area contributed by atoms with Gasteiger partial charge >= 0.3 is 5.91 Å². The Bertz CT molecular complexity index is 1160. The van der Waals surface area contributed by atoms with E-state index in [1.165, 1.54) is 4.90 Å². The van der Waals surface area contributed by atoms with Crippen LogP contribution in [0.5, 0.6) is 5.75 Å². The molecule has 6 heteroatoms. The van der Waals surface area contributed by atoms with E-state index in [9.17, 15) is 14.7 Å². The van der Waals surface area contributed by atoms with Crippen LogP contribution in [0.15, 0.2) is 78.5 Å². The summed E-state index contributed by atoms with van der Waals surface area (Å²) in [7, 11) is 0. The highest BCUT2D eigenvalue weighted by Gasteiger charge is 2.47. The van der Waals surface area contributed by atoms with Crippen molar-refractivity contribution in [2.75, 3.05) is 11.5 Å². The zero-order valence-corrected chi connectivity index (χ0v) is 17.3. The second-order valence-electron chi connectivity index (χ2n) is 7.18. The van der Waals surface area contributed by atoms with E-state index in [0.29, 0.717) is 29.3 Å². The molecule has 0 bridgehead atoms. The van der Waals surface area contributed by atoms with Crippen molar-refractivity contribution in [2.45, 2.75) is 19.9 Å². The number of ether oxygens (including phenoxy) is 1. The zero-order valence-electron chi connectivity index (χ0n) is 17.3. The summed E-state index contributed by atoms with van der Waals surface area (Å²) >= 11 is 0. The summed E-state index contributed by atoms with van der Waals surface area (Å²) in [6.07, 6.45) is 1.56. The number of pyridine rings is 1. The topological polar surface area (TPSA) is 79.7 Å². The molecule has 1 aromatic heterocycles. The summed E-state index contributed by atoms with van der Waals surface area (Å²) in [5, 5.41) is 11.2. The molecule has 31 heavy (non-hydrogen) atoms. The predicted molar refractivity (Wildman–Crippen MR) is 118 cm³/mol. The van der Waals surface area contributed by atoms with Crippen LogP contribution in [0.4, 0.5) is 5.82 Å². The first-order chi connectivity index (χ1) is 15.0. The van der Waals surface area contributed by atoms with Crippen molar-refractivity contribution in [3.8, 4) is 5.75 Å². The molecule has 0 aliphatic carbocycles. The van der Waals surface area contributed by atoms with E-state index < -0.39 is 17.7 Å². The number of aliphatic hydroxyl groups excluding tert-OH is 1. The Hall–Kier alpha value is -3.93. The van der Waals surface area contributed by atoms with E-state index in [4.69, 9.17) is 4.74 Å². The molecule has 6 nitrogen and oxygen atoms in total. The van der Waals surface area contributed by atoms with Crippen molar-refractivity contribution in [3.63, 3.8) is 0 Å². The summed E-state index contributed by atoms with van der Waals surface area (Å²) in [5.74, 6) is -0.648. The lowest BCUT2D eigenvalue weighted by molar-refractivity contribution is -0.132. The molecule has 1 saturated heterocycles. The molecule has 1 aliphatic rings. The summed E-state index contributed by atoms with van der Waals surface area (Å²) in [6, 6.07) is 18.7. The third-order valence-corrected chi connectivity index (χ3v) is 5.20. The highest BCUT2D eigenvalue weighted by molar-refractivity contribution is 6.51. The third-order valence-electron chi connectivity index (χ3n) is 5.20. The summed E-state index contributed by atoms with van der Waals surface area (Å²) in [5.41, 5.74) is 2.00. The molecule has 1 N–H and O–H groups in total. The fourth-order valence-electron chi connectivity index (χ4n) is 3.79. The van der Waals surface area contributed by atoms with Crippen LogP contribution in [0, 0.1) is 6.92 Å². The van der Waals surface area contributed by atoms with Crippen LogP contribution >= 0.6 is 0 Å². The fraction of sp³-hybridized carbons (Fsp3) is 0.160. The van der Waals surface area contributed by atoms with Crippen LogP contribution in [-0.4, -0.2) is 28.4 Å². The van der Waals surface area contributed by atoms with E-state index in [2.05, 4.69) is 4.98 Å². The molecule has 156 valence electrons. The van der Waals surface area contributed by atoms with Gasteiger partial charge in [0.2, 0.25) is 0 Å². The van der Waals surface area contributed by atoms with Crippen molar-refractivity contribution in [2.24, 2.45) is 0 Å². The molecule has 1 amide bonds. The third kappa shape index (κ3) is 3.68. The van der Waals surface area contributed by atoms with E-state index in [-0.39, 0.29) is 11.3 Å². The standard InChI is InChI=1S/C25H22N2O4/c1-3-31-19-13-12-18(15-16(19)2)23(28)21-22(17-9-5-4-6-10-17)27(25(30)24(21)29)20-11-7-8-14-26-20/h4-15,22,28H,3H2,1-2H3/b23-21+. The van der Waals surface area contributed by atoms with Crippen molar-refractivity contribution in [1.82, 2.24) is 4.98 Å². The van der Waals surface area contributed by atoms with Gasteiger partial charge in [0, 0.05) is 11.8 Å². The number of nitrogens with zero attached hydrogens (tertiary/aromatic N) is 2. The number of aliphatic hydroxyl groups is 1. The second kappa shape index (κ2) is 8.44. The van der Waals surface area contributed by atoms with E-state index in [1.807, 2.05) is 44.2 Å². The van der Waals surface area contributed by atoms with Crippen LogP contribution in [0.25, 0.3) is 5.76 Å². The molecule has 0 saturated carbocycles. The lowest BCUT2D eigenvalue weighted by atomic mass is 9.95. The van der Waals surface area contributed by atoms with Gasteiger partial charge in [0.1, 0.15) is 17.3 Å². The Morgan fingerprint density at radius 2 is 1.81 bits per heavy atom. The number of amides is 1. The van der Waals surface area contributed by atoms with Gasteiger partial charge in [0.05, 0.1) is 18.2 Å². The molecule has 2 heterocycles. The van der Waals surface area contributed by atoms with Gasteiger partial charge < -0.3 is 9.84 Å². The quantitative estimate of drug-likeness (QED) is 0.380. The Kier molecular flexibility index (Phi) is 5.54. The van der Waals surface area contributed by atoms with E-state index in [1.54, 1.807) is 42.6 Å². The van der Waals surface area contributed by atoms with Gasteiger partial charge in [-0.15, -0.1) is 0 Å². The van der Waals surface area contributed by atoms with E-state index >= 15 is 0 Å². The molecule has 3 aromatic rings. The number of anilines is 1. The van der Waals surface area contributed by atoms with Gasteiger partial charge in [-0.05, 0) is 55.3 Å². The molecule has 0 spiro atoms. The minimum atomic E-state index is -0.789. The number of rotatable bonds is 5. The number of aryl methyl sites for hydroxylation is 1. The van der Waals surface area contributed by atoms with Gasteiger partial charge in [-0.1, -0.05) is 36.4 Å². The van der Waals surface area contributed by atoms with Crippen molar-refractivity contribution in [1.29, 1.82) is 0 Å². The Morgan fingerprint density at radius 3 is 2.45 bits per heavy atom. The molecule has 0 radical (unpaired) electrons. The highest BCUT2D eigenvalue weighted by Crippen LogP contribution is 2.41. The lowest BCUT2D eigenvalue weighted by Gasteiger charge is -2.24. The number of Topliss-reactive ketones (excluding diaryl/α,β-unsaturated/α-hetero) is 1. The van der Waals surface area contributed by atoms with Crippen LogP contribution < -0.4 is 9.64 Å². The second-order valence-corrected chi connectivity index (χ2v) is 7.18. The van der Waals surface area contributed by atoms with Crippen molar-refractivity contribution >= 4 is 23.3 Å². The summed E-state index contributed by atoms with van der Waals surface area (Å²) in [6.45, 7) is 4.28. The van der Waals surface area contributed by atoms with E-state index in [0.717, 1.165) is 5.56 Å². The maximum atomic E-state index is 13.1. The maximum Gasteiger partial charge on any atom is 0.301 e. The smallest absolute Gasteiger partial charge is 0.301 e. The average molecular weight is 414 g/mol. The van der Waals surface area contributed by atoms with Crippen LogP contribution in [0.1, 0.15) is 29.7 Å². The number of ketones is 1. The monoisotopic (exact) mass is 414 g/mol. The molecule has 1 aliphatic heterocycles. The predicted octanol–water partition coefficient (Wildman–Crippen LogP) is 4.42. The normalized spacial score (nSPS) is 17.7. The van der Waals surface area contributed by atoms with Crippen LogP contribution in [0.3, 0.4) is 0 Å². The number of carbonyl (C=O) groups is 2. The minimum absolute atomic E-state index is 0.0328. The molecule has 4 rings (SSSR count). The van der Waals surface area contributed by atoms with Crippen molar-refractivity contribution in [3.05, 3.63) is 95.2 Å². The first-order valence-corrected chi connectivity index (χ1v) is 10.0. The lowest BCUT2D eigenvalue weighted by Crippen LogP contribution is -2.30. The summed E-state index contributed by atoms with van der Waals surface area (Å²) in [4.78, 5) is 31.7. The molecular weight excluding hydrogens is 392 g/mol. The largest absolute Gasteiger partial charge is 0.507 e. The van der Waals surface area contributed by atoms with Crippen LogP contribution in [0.2, 0.25) is 0 Å². The molecule has 1 unspecified atom stereocenters. The van der Waals surface area contributed by atoms with Gasteiger partial charge in [-0.2, -0.15) is 0 Å². The SMILES string of the molecule is CCOc1ccc(/C(O)=C2\C(=O)C(=O)N(c3ccccn3)C2c2ccccc2)cc1C.